The molecule has 7 rings (SSSR count). The molecule has 3 atom stereocenters. The van der Waals surface area contributed by atoms with Crippen molar-refractivity contribution >= 4 is 24.8 Å². The highest BCUT2D eigenvalue weighted by molar-refractivity contribution is 7.68. The Balaban J connectivity index is 1.31. The molecule has 1 aromatic carbocycles. The number of fused-ring (bicyclic) bond motifs is 9. The van der Waals surface area contributed by atoms with Gasteiger partial charge in [-0.05, 0) is 43.9 Å². The fraction of sp³-hybridized carbons (Fsp3) is 0.407. The molecule has 3 aromatic rings. The molecule has 1 amide bonds. The van der Waals surface area contributed by atoms with Crippen molar-refractivity contribution in [3.63, 3.8) is 0 Å². The van der Waals surface area contributed by atoms with Gasteiger partial charge >= 0.3 is 6.61 Å². The minimum absolute atomic E-state index is 0.0187. The van der Waals surface area contributed by atoms with Gasteiger partial charge < -0.3 is 14.2 Å². The molecule has 1 saturated heterocycles. The van der Waals surface area contributed by atoms with Crippen molar-refractivity contribution < 1.29 is 22.9 Å². The number of carbonyl (C=O) groups excluding carboxylic acids is 1. The third-order valence-corrected chi connectivity index (χ3v) is 11.6. The number of hydrogen-bond donors (Lipinski definition) is 0. The van der Waals surface area contributed by atoms with Crippen molar-refractivity contribution in [3.05, 3.63) is 70.2 Å². The largest absolute Gasteiger partial charge is 0.434 e. The summed E-state index contributed by atoms with van der Waals surface area (Å²) in [7, 11) is -0.623. The molecule has 3 unspecified atom stereocenters. The number of alkyl halides is 2. The quantitative estimate of drug-likeness (QED) is 0.407. The van der Waals surface area contributed by atoms with Gasteiger partial charge in [0.15, 0.2) is 0 Å². The maximum atomic E-state index is 13.3. The maximum Gasteiger partial charge on any atom is 0.387 e. The van der Waals surface area contributed by atoms with Gasteiger partial charge in [0, 0.05) is 54.1 Å². The fourth-order valence-electron chi connectivity index (χ4n) is 6.55. The number of allylic oxidation sites excluding steroid dienone is 1. The van der Waals surface area contributed by atoms with E-state index >= 15 is 0 Å². The van der Waals surface area contributed by atoms with Gasteiger partial charge in [-0.1, -0.05) is 12.1 Å². The van der Waals surface area contributed by atoms with E-state index in [2.05, 4.69) is 9.98 Å². The lowest BCUT2D eigenvalue weighted by atomic mass is 9.88. The summed E-state index contributed by atoms with van der Waals surface area (Å²) in [4.78, 5) is 24.2. The highest BCUT2D eigenvalue weighted by Crippen LogP contribution is 2.60. The van der Waals surface area contributed by atoms with E-state index in [1.165, 1.54) is 6.07 Å². The predicted molar refractivity (Wildman–Crippen MR) is 138 cm³/mol. The van der Waals surface area contributed by atoms with Crippen LogP contribution in [0.4, 0.5) is 8.78 Å². The van der Waals surface area contributed by atoms with Crippen molar-refractivity contribution in [1.29, 1.82) is 0 Å². The summed E-state index contributed by atoms with van der Waals surface area (Å²) in [5, 5.41) is 4.77. The first-order chi connectivity index (χ1) is 18.3. The normalized spacial score (nSPS) is 25.5. The SMILES string of the molecule is CN1C(=O)c2cccc(OC(F)F)c2C2CC1c1nn3cnc(C4C=NC(P5(=O)CCCC5)=CC4)cc3c12. The van der Waals surface area contributed by atoms with E-state index in [1.807, 2.05) is 18.4 Å². The second-order valence-corrected chi connectivity index (χ2v) is 13.6. The third-order valence-electron chi connectivity index (χ3n) is 8.41. The van der Waals surface area contributed by atoms with Gasteiger partial charge in [-0.2, -0.15) is 13.9 Å². The van der Waals surface area contributed by atoms with Gasteiger partial charge in [0.1, 0.15) is 19.2 Å². The lowest BCUT2D eigenvalue weighted by Crippen LogP contribution is -2.30. The minimum Gasteiger partial charge on any atom is -0.434 e. The number of carbonyl (C=O) groups is 1. The zero-order chi connectivity index (χ0) is 26.2. The Morgan fingerprint density at radius 3 is 2.74 bits per heavy atom. The van der Waals surface area contributed by atoms with Crippen molar-refractivity contribution in [2.75, 3.05) is 19.4 Å². The van der Waals surface area contributed by atoms with E-state index in [1.54, 1.807) is 34.9 Å². The number of hydrogen-bond acceptors (Lipinski definition) is 6. The number of aromatic nitrogens is 3. The number of halogens is 2. The molecule has 3 aliphatic heterocycles. The molecule has 8 nitrogen and oxygen atoms in total. The monoisotopic (exact) mass is 537 g/mol. The second kappa shape index (κ2) is 8.56. The fourth-order valence-corrected chi connectivity index (χ4v) is 9.41. The van der Waals surface area contributed by atoms with Crippen LogP contribution < -0.4 is 4.74 Å². The molecule has 0 radical (unpaired) electrons. The van der Waals surface area contributed by atoms with E-state index in [9.17, 15) is 18.1 Å². The maximum absolute atomic E-state index is 13.3. The van der Waals surface area contributed by atoms with Crippen LogP contribution in [-0.2, 0) is 4.57 Å². The van der Waals surface area contributed by atoms with E-state index in [0.717, 1.165) is 53.1 Å². The first kappa shape index (κ1) is 23.7. The van der Waals surface area contributed by atoms with Gasteiger partial charge in [-0.3, -0.25) is 9.79 Å². The van der Waals surface area contributed by atoms with Crippen molar-refractivity contribution in [1.82, 2.24) is 19.5 Å². The van der Waals surface area contributed by atoms with E-state index in [4.69, 9.17) is 9.84 Å². The lowest BCUT2D eigenvalue weighted by Gasteiger charge is -2.23. The van der Waals surface area contributed by atoms with Crippen LogP contribution in [0.15, 0.2) is 47.1 Å². The minimum atomic E-state index is -3.00. The summed E-state index contributed by atoms with van der Waals surface area (Å²) < 4.78 is 46.4. The molecular formula is C27H26F2N5O3P. The van der Waals surface area contributed by atoms with Crippen LogP contribution in [-0.4, -0.2) is 57.6 Å². The Morgan fingerprint density at radius 2 is 2.00 bits per heavy atom. The molecule has 0 spiro atoms. The summed E-state index contributed by atoms with van der Waals surface area (Å²) >= 11 is 0. The molecular weight excluding hydrogens is 511 g/mol. The summed E-state index contributed by atoms with van der Waals surface area (Å²) in [5.74, 6) is -0.622. The van der Waals surface area contributed by atoms with Gasteiger partial charge in [-0.25, -0.2) is 9.50 Å². The molecule has 38 heavy (non-hydrogen) atoms. The average Bonchev–Trinajstić information content (AvgIpc) is 3.60. The van der Waals surface area contributed by atoms with Crippen molar-refractivity contribution in [3.8, 4) is 5.75 Å². The number of aliphatic imine (C=N–C) groups is 1. The molecule has 5 heterocycles. The zero-order valence-electron chi connectivity index (χ0n) is 20.8. The van der Waals surface area contributed by atoms with Crippen LogP contribution in [0.1, 0.15) is 76.4 Å². The van der Waals surface area contributed by atoms with Crippen LogP contribution in [0.5, 0.6) is 5.75 Å². The molecule has 196 valence electrons. The highest BCUT2D eigenvalue weighted by atomic mass is 31.2. The Labute approximate surface area is 217 Å². The van der Waals surface area contributed by atoms with Gasteiger partial charge in [0.05, 0.1) is 28.4 Å². The molecule has 11 heteroatoms. The molecule has 1 aliphatic carbocycles. The second-order valence-electron chi connectivity index (χ2n) is 10.5. The van der Waals surface area contributed by atoms with Crippen molar-refractivity contribution in [2.45, 2.75) is 50.2 Å². The van der Waals surface area contributed by atoms with Crippen LogP contribution >= 0.6 is 7.14 Å². The standard InChI is InChI=1S/C27H26F2N5O3P/c1-33-20-11-17(23-16(26(33)35)5-4-6-21(23)37-27(28)29)24-19-12-18(31-14-34(19)32-25(20)24)15-7-8-22(30-13-15)38(36)9-2-3-10-38/h4-6,8,12-15,17,20,27H,2-3,7,9-11H2,1H3. The van der Waals surface area contributed by atoms with E-state index in [-0.39, 0.29) is 29.5 Å². The Morgan fingerprint density at radius 1 is 1.18 bits per heavy atom. The summed E-state index contributed by atoms with van der Waals surface area (Å²) in [5.41, 5.74) is 4.89. The molecule has 2 bridgehead atoms. The van der Waals surface area contributed by atoms with Crippen LogP contribution in [0, 0.1) is 0 Å². The molecule has 1 fully saturated rings. The van der Waals surface area contributed by atoms with E-state index in [0.29, 0.717) is 24.0 Å². The van der Waals surface area contributed by atoms with Crippen LogP contribution in [0.2, 0.25) is 0 Å². The number of ether oxygens (including phenoxy) is 1. The number of rotatable bonds is 4. The number of nitrogens with zero attached hydrogens (tertiary/aromatic N) is 5. The molecule has 0 N–H and O–H groups in total. The summed E-state index contributed by atoms with van der Waals surface area (Å²) in [6.07, 6.45) is 10.2. The lowest BCUT2D eigenvalue weighted by molar-refractivity contribution is -0.0505. The summed E-state index contributed by atoms with van der Waals surface area (Å²) in [6.45, 7) is -3.00. The Hall–Kier alpha value is -3.39. The first-order valence-corrected chi connectivity index (χ1v) is 15.0. The topological polar surface area (TPSA) is 89.2 Å². The van der Waals surface area contributed by atoms with Gasteiger partial charge in [0.25, 0.3) is 5.91 Å². The number of amides is 1. The first-order valence-electron chi connectivity index (χ1n) is 12.9. The van der Waals surface area contributed by atoms with Crippen LogP contribution in [0.3, 0.4) is 0 Å². The third kappa shape index (κ3) is 3.49. The number of benzene rings is 1. The Kier molecular flexibility index (Phi) is 5.34. The van der Waals surface area contributed by atoms with Gasteiger partial charge in [0.2, 0.25) is 0 Å². The highest BCUT2D eigenvalue weighted by Gasteiger charge is 2.46. The predicted octanol–water partition coefficient (Wildman–Crippen LogP) is 5.55. The van der Waals surface area contributed by atoms with Crippen LogP contribution in [0.25, 0.3) is 5.52 Å². The average molecular weight is 538 g/mol. The molecule has 4 aliphatic rings. The zero-order valence-corrected chi connectivity index (χ0v) is 21.7. The van der Waals surface area contributed by atoms with Gasteiger partial charge in [-0.15, -0.1) is 0 Å². The molecule has 0 saturated carbocycles. The van der Waals surface area contributed by atoms with E-state index < -0.39 is 13.8 Å². The smallest absolute Gasteiger partial charge is 0.387 e. The Bertz CT molecular complexity index is 1590. The summed E-state index contributed by atoms with van der Waals surface area (Å²) in [6, 6.07) is 6.43. The molecule has 2 aromatic heterocycles. The van der Waals surface area contributed by atoms with Crippen molar-refractivity contribution in [2.24, 2.45) is 4.99 Å².